The Balaban J connectivity index is 2.69. The van der Waals surface area contributed by atoms with Gasteiger partial charge in [-0.1, -0.05) is 65.0 Å². The lowest BCUT2D eigenvalue weighted by Gasteiger charge is -2.18. The SMILES string of the molecule is CCCCC(CCC)NC(=O)c1cc(Br)cc(Br)c1. The van der Waals surface area contributed by atoms with Crippen LogP contribution in [0.4, 0.5) is 0 Å². The Kier molecular flexibility index (Phi) is 7.69. The van der Waals surface area contributed by atoms with Gasteiger partial charge < -0.3 is 5.32 Å². The molecular formula is C15H21Br2NO. The van der Waals surface area contributed by atoms with E-state index in [0.717, 1.165) is 34.6 Å². The third-order valence-electron chi connectivity index (χ3n) is 3.00. The maximum absolute atomic E-state index is 12.2. The van der Waals surface area contributed by atoms with Crippen LogP contribution in [0.3, 0.4) is 0 Å². The molecule has 1 atom stereocenters. The van der Waals surface area contributed by atoms with Crippen molar-refractivity contribution in [3.05, 3.63) is 32.7 Å². The summed E-state index contributed by atoms with van der Waals surface area (Å²) in [5.41, 5.74) is 0.693. The molecule has 1 aromatic rings. The molecule has 0 aliphatic heterocycles. The molecule has 0 aromatic heterocycles. The summed E-state index contributed by atoms with van der Waals surface area (Å²) >= 11 is 6.82. The molecule has 4 heteroatoms. The Bertz CT molecular complexity index is 400. The highest BCUT2D eigenvalue weighted by Crippen LogP contribution is 2.20. The highest BCUT2D eigenvalue weighted by molar-refractivity contribution is 9.11. The van der Waals surface area contributed by atoms with Crippen LogP contribution in [0, 0.1) is 0 Å². The van der Waals surface area contributed by atoms with Crippen LogP contribution in [0.5, 0.6) is 0 Å². The molecule has 0 fully saturated rings. The summed E-state index contributed by atoms with van der Waals surface area (Å²) in [5.74, 6) is 0.0107. The van der Waals surface area contributed by atoms with Crippen molar-refractivity contribution in [1.29, 1.82) is 0 Å². The first-order valence-corrected chi connectivity index (χ1v) is 8.42. The number of amides is 1. The third kappa shape index (κ3) is 6.09. The first-order valence-electron chi connectivity index (χ1n) is 6.83. The van der Waals surface area contributed by atoms with Crippen LogP contribution in [-0.4, -0.2) is 11.9 Å². The Morgan fingerprint density at radius 3 is 2.26 bits per heavy atom. The summed E-state index contributed by atoms with van der Waals surface area (Å²) in [6, 6.07) is 5.92. The molecule has 0 radical (unpaired) electrons. The number of carbonyl (C=O) groups excluding carboxylic acids is 1. The summed E-state index contributed by atoms with van der Waals surface area (Å²) in [4.78, 5) is 12.2. The second kappa shape index (κ2) is 8.75. The van der Waals surface area contributed by atoms with Crippen LogP contribution in [0.2, 0.25) is 0 Å². The summed E-state index contributed by atoms with van der Waals surface area (Å²) in [6.45, 7) is 4.33. The molecule has 0 aliphatic rings. The molecule has 0 aliphatic carbocycles. The van der Waals surface area contributed by atoms with Crippen molar-refractivity contribution < 1.29 is 4.79 Å². The topological polar surface area (TPSA) is 29.1 Å². The van der Waals surface area contributed by atoms with Gasteiger partial charge >= 0.3 is 0 Å². The van der Waals surface area contributed by atoms with E-state index >= 15 is 0 Å². The quantitative estimate of drug-likeness (QED) is 0.672. The number of halogens is 2. The minimum absolute atomic E-state index is 0.0107. The fourth-order valence-corrected chi connectivity index (χ4v) is 3.34. The molecular weight excluding hydrogens is 370 g/mol. The zero-order valence-electron chi connectivity index (χ0n) is 11.5. The molecule has 0 saturated heterocycles. The average molecular weight is 391 g/mol. The van der Waals surface area contributed by atoms with E-state index in [4.69, 9.17) is 0 Å². The van der Waals surface area contributed by atoms with E-state index in [9.17, 15) is 4.79 Å². The van der Waals surface area contributed by atoms with Crippen LogP contribution in [0.15, 0.2) is 27.1 Å². The minimum Gasteiger partial charge on any atom is -0.349 e. The van der Waals surface area contributed by atoms with Crippen molar-refractivity contribution in [2.24, 2.45) is 0 Å². The standard InChI is InChI=1S/C15H21Br2NO/c1-3-5-7-14(6-4-2)18-15(19)11-8-12(16)10-13(17)9-11/h8-10,14H,3-7H2,1-2H3,(H,18,19). The number of hydrogen-bond acceptors (Lipinski definition) is 1. The minimum atomic E-state index is 0.0107. The smallest absolute Gasteiger partial charge is 0.251 e. The summed E-state index contributed by atoms with van der Waals surface area (Å²) in [5, 5.41) is 3.14. The molecule has 1 unspecified atom stereocenters. The van der Waals surface area contributed by atoms with Crippen molar-refractivity contribution in [2.75, 3.05) is 0 Å². The fourth-order valence-electron chi connectivity index (χ4n) is 2.04. The van der Waals surface area contributed by atoms with E-state index in [1.54, 1.807) is 0 Å². The molecule has 1 amide bonds. The maximum Gasteiger partial charge on any atom is 0.251 e. The lowest BCUT2D eigenvalue weighted by Crippen LogP contribution is -2.34. The summed E-state index contributed by atoms with van der Waals surface area (Å²) < 4.78 is 1.82. The van der Waals surface area contributed by atoms with Crippen LogP contribution < -0.4 is 5.32 Å². The van der Waals surface area contributed by atoms with E-state index < -0.39 is 0 Å². The van der Waals surface area contributed by atoms with Gasteiger partial charge in [-0.05, 0) is 31.0 Å². The zero-order valence-corrected chi connectivity index (χ0v) is 14.7. The molecule has 0 saturated carbocycles. The van der Waals surface area contributed by atoms with Crippen LogP contribution in [0.1, 0.15) is 56.3 Å². The predicted molar refractivity (Wildman–Crippen MR) is 87.5 cm³/mol. The molecule has 106 valence electrons. The van der Waals surface area contributed by atoms with Crippen LogP contribution >= 0.6 is 31.9 Å². The van der Waals surface area contributed by atoms with E-state index in [1.165, 1.54) is 6.42 Å². The van der Waals surface area contributed by atoms with Gasteiger partial charge in [-0.15, -0.1) is 0 Å². The van der Waals surface area contributed by atoms with Crippen molar-refractivity contribution >= 4 is 37.8 Å². The fraction of sp³-hybridized carbons (Fsp3) is 0.533. The molecule has 0 spiro atoms. The molecule has 1 rings (SSSR count). The number of nitrogens with one attached hydrogen (secondary N) is 1. The second-order valence-electron chi connectivity index (χ2n) is 4.76. The van der Waals surface area contributed by atoms with E-state index in [0.29, 0.717) is 5.56 Å². The zero-order chi connectivity index (χ0) is 14.3. The maximum atomic E-state index is 12.2. The van der Waals surface area contributed by atoms with Gasteiger partial charge in [0.1, 0.15) is 0 Å². The first-order chi connectivity index (χ1) is 9.06. The van der Waals surface area contributed by atoms with E-state index in [2.05, 4.69) is 51.0 Å². The third-order valence-corrected chi connectivity index (χ3v) is 3.92. The van der Waals surface area contributed by atoms with Gasteiger partial charge in [0.25, 0.3) is 5.91 Å². The normalized spacial score (nSPS) is 12.2. The van der Waals surface area contributed by atoms with Gasteiger partial charge in [0.2, 0.25) is 0 Å². The van der Waals surface area contributed by atoms with Crippen molar-refractivity contribution in [2.45, 2.75) is 52.0 Å². The first kappa shape index (κ1) is 16.7. The number of rotatable bonds is 7. The van der Waals surface area contributed by atoms with Gasteiger partial charge in [-0.25, -0.2) is 0 Å². The Hall–Kier alpha value is -0.350. The van der Waals surface area contributed by atoms with Gasteiger partial charge in [-0.3, -0.25) is 4.79 Å². The molecule has 0 bridgehead atoms. The summed E-state index contributed by atoms with van der Waals surface area (Å²) in [6.07, 6.45) is 5.52. The number of carbonyl (C=O) groups is 1. The molecule has 19 heavy (non-hydrogen) atoms. The van der Waals surface area contributed by atoms with Crippen LogP contribution in [-0.2, 0) is 0 Å². The van der Waals surface area contributed by atoms with Gasteiger partial charge in [0.05, 0.1) is 0 Å². The highest BCUT2D eigenvalue weighted by Gasteiger charge is 2.13. The molecule has 1 aromatic carbocycles. The largest absolute Gasteiger partial charge is 0.349 e. The lowest BCUT2D eigenvalue weighted by molar-refractivity contribution is 0.0932. The Labute approximate surface area is 132 Å². The van der Waals surface area contributed by atoms with Gasteiger partial charge in [-0.2, -0.15) is 0 Å². The van der Waals surface area contributed by atoms with Crippen LogP contribution in [0.25, 0.3) is 0 Å². The van der Waals surface area contributed by atoms with E-state index in [-0.39, 0.29) is 11.9 Å². The Morgan fingerprint density at radius 1 is 1.11 bits per heavy atom. The van der Waals surface area contributed by atoms with Gasteiger partial charge in [0.15, 0.2) is 0 Å². The van der Waals surface area contributed by atoms with Gasteiger partial charge in [0, 0.05) is 20.6 Å². The molecule has 2 nitrogen and oxygen atoms in total. The number of benzene rings is 1. The van der Waals surface area contributed by atoms with Crippen molar-refractivity contribution in [1.82, 2.24) is 5.32 Å². The van der Waals surface area contributed by atoms with Crippen molar-refractivity contribution in [3.8, 4) is 0 Å². The molecule has 1 N–H and O–H groups in total. The average Bonchev–Trinajstić information content (AvgIpc) is 2.35. The van der Waals surface area contributed by atoms with Crippen molar-refractivity contribution in [3.63, 3.8) is 0 Å². The summed E-state index contributed by atoms with van der Waals surface area (Å²) in [7, 11) is 0. The second-order valence-corrected chi connectivity index (χ2v) is 6.59. The lowest BCUT2D eigenvalue weighted by atomic mass is 10.0. The number of hydrogen-bond donors (Lipinski definition) is 1. The monoisotopic (exact) mass is 389 g/mol. The highest BCUT2D eigenvalue weighted by atomic mass is 79.9. The Morgan fingerprint density at radius 2 is 1.74 bits per heavy atom. The number of unbranched alkanes of at least 4 members (excludes halogenated alkanes) is 1. The van der Waals surface area contributed by atoms with E-state index in [1.807, 2.05) is 18.2 Å². The molecule has 0 heterocycles. The predicted octanol–water partition coefficient (Wildman–Crippen LogP) is 5.30.